The van der Waals surface area contributed by atoms with E-state index in [-0.39, 0.29) is 23.9 Å². The second-order valence-electron chi connectivity index (χ2n) is 5.18. The van der Waals surface area contributed by atoms with Crippen molar-refractivity contribution >= 4 is 0 Å². The van der Waals surface area contributed by atoms with Crippen LogP contribution in [0.3, 0.4) is 0 Å². The number of methoxy groups -OCH3 is 1. The number of hydrogen-bond donors (Lipinski definition) is 2. The Morgan fingerprint density at radius 3 is 2.35 bits per heavy atom. The molecule has 0 aromatic heterocycles. The van der Waals surface area contributed by atoms with Crippen LogP contribution in [0.15, 0.2) is 36.4 Å². The van der Waals surface area contributed by atoms with Crippen molar-refractivity contribution in [3.05, 3.63) is 65.0 Å². The van der Waals surface area contributed by atoms with E-state index in [0.717, 1.165) is 17.7 Å². The molecule has 0 fully saturated rings. The Morgan fingerprint density at radius 1 is 1.09 bits per heavy atom. The average Bonchev–Trinajstić information content (AvgIpc) is 2.52. The molecule has 0 bridgehead atoms. The highest BCUT2D eigenvalue weighted by atomic mass is 19.1. The molecule has 2 aromatic carbocycles. The van der Waals surface area contributed by atoms with Crippen molar-refractivity contribution in [1.82, 2.24) is 5.32 Å². The molecule has 0 radical (unpaired) electrons. The molecular weight excluding hydrogens is 307 g/mol. The molecule has 0 aliphatic heterocycles. The van der Waals surface area contributed by atoms with Crippen LogP contribution in [-0.2, 0) is 0 Å². The summed E-state index contributed by atoms with van der Waals surface area (Å²) in [6, 6.07) is 7.54. The number of benzene rings is 2. The van der Waals surface area contributed by atoms with Crippen LogP contribution in [-0.4, -0.2) is 18.8 Å². The zero-order valence-electron chi connectivity index (χ0n) is 12.8. The standard InChI is InChI=1S/C17H18F3NO2/c1-10(11-6-7-12(18)16(8-11)23-2)21-9-15(22)17-13(19)4-3-5-14(17)20/h3-8,10,15,21-22H,9H2,1-2H3. The van der Waals surface area contributed by atoms with Gasteiger partial charge in [0, 0.05) is 12.6 Å². The van der Waals surface area contributed by atoms with E-state index in [4.69, 9.17) is 4.74 Å². The summed E-state index contributed by atoms with van der Waals surface area (Å²) in [5.74, 6) is -1.96. The number of hydrogen-bond acceptors (Lipinski definition) is 3. The molecule has 124 valence electrons. The van der Waals surface area contributed by atoms with E-state index < -0.39 is 23.6 Å². The van der Waals surface area contributed by atoms with Gasteiger partial charge >= 0.3 is 0 Å². The molecule has 3 nitrogen and oxygen atoms in total. The van der Waals surface area contributed by atoms with Crippen LogP contribution >= 0.6 is 0 Å². The van der Waals surface area contributed by atoms with E-state index in [2.05, 4.69) is 5.32 Å². The van der Waals surface area contributed by atoms with Gasteiger partial charge < -0.3 is 15.2 Å². The van der Waals surface area contributed by atoms with E-state index in [1.54, 1.807) is 13.0 Å². The molecule has 0 aliphatic rings. The number of nitrogens with one attached hydrogen (secondary N) is 1. The van der Waals surface area contributed by atoms with Gasteiger partial charge in [-0.25, -0.2) is 13.2 Å². The number of aliphatic hydroxyl groups is 1. The SMILES string of the molecule is COc1cc(C(C)NCC(O)c2c(F)cccc2F)ccc1F. The molecule has 6 heteroatoms. The molecule has 23 heavy (non-hydrogen) atoms. The van der Waals surface area contributed by atoms with Crippen molar-refractivity contribution < 1.29 is 23.0 Å². The van der Waals surface area contributed by atoms with Crippen LogP contribution in [0, 0.1) is 17.5 Å². The Balaban J connectivity index is 2.05. The van der Waals surface area contributed by atoms with Gasteiger partial charge in [-0.2, -0.15) is 0 Å². The number of halogens is 3. The second kappa shape index (κ2) is 7.48. The summed E-state index contributed by atoms with van der Waals surface area (Å²) in [7, 11) is 1.37. The Bertz CT molecular complexity index is 659. The van der Waals surface area contributed by atoms with Crippen LogP contribution in [0.4, 0.5) is 13.2 Å². The minimum atomic E-state index is -1.33. The second-order valence-corrected chi connectivity index (χ2v) is 5.18. The molecule has 0 amide bonds. The third kappa shape index (κ3) is 4.03. The van der Waals surface area contributed by atoms with E-state index in [1.807, 2.05) is 0 Å². The van der Waals surface area contributed by atoms with Crippen molar-refractivity contribution in [2.75, 3.05) is 13.7 Å². The summed E-state index contributed by atoms with van der Waals surface area (Å²) in [4.78, 5) is 0. The quantitative estimate of drug-likeness (QED) is 0.854. The highest BCUT2D eigenvalue weighted by Crippen LogP contribution is 2.24. The Hall–Kier alpha value is -2.05. The van der Waals surface area contributed by atoms with Gasteiger partial charge in [-0.15, -0.1) is 0 Å². The smallest absolute Gasteiger partial charge is 0.165 e. The zero-order valence-corrected chi connectivity index (χ0v) is 12.8. The van der Waals surface area contributed by atoms with Gasteiger partial charge in [-0.1, -0.05) is 12.1 Å². The molecule has 0 heterocycles. The molecule has 2 unspecified atom stereocenters. The van der Waals surface area contributed by atoms with E-state index in [0.29, 0.717) is 0 Å². The van der Waals surface area contributed by atoms with Gasteiger partial charge in [-0.05, 0) is 36.8 Å². The molecule has 0 spiro atoms. The molecule has 2 atom stereocenters. The van der Waals surface area contributed by atoms with Crippen molar-refractivity contribution in [3.8, 4) is 5.75 Å². The maximum absolute atomic E-state index is 13.6. The summed E-state index contributed by atoms with van der Waals surface area (Å²) >= 11 is 0. The fourth-order valence-electron chi connectivity index (χ4n) is 2.28. The summed E-state index contributed by atoms with van der Waals surface area (Å²) in [6.45, 7) is 1.73. The minimum Gasteiger partial charge on any atom is -0.494 e. The predicted octanol–water partition coefficient (Wildman–Crippen LogP) is 3.50. The van der Waals surface area contributed by atoms with Gasteiger partial charge in [0.15, 0.2) is 11.6 Å². The minimum absolute atomic E-state index is 0.0568. The summed E-state index contributed by atoms with van der Waals surface area (Å²) < 4.78 is 45.5. The number of aliphatic hydroxyl groups excluding tert-OH is 1. The maximum atomic E-state index is 13.6. The van der Waals surface area contributed by atoms with Gasteiger partial charge in [-0.3, -0.25) is 0 Å². The fourth-order valence-corrected chi connectivity index (χ4v) is 2.28. The lowest BCUT2D eigenvalue weighted by Crippen LogP contribution is -2.25. The topological polar surface area (TPSA) is 41.5 Å². The van der Waals surface area contributed by atoms with Crippen molar-refractivity contribution in [2.24, 2.45) is 0 Å². The monoisotopic (exact) mass is 325 g/mol. The van der Waals surface area contributed by atoms with Crippen molar-refractivity contribution in [1.29, 1.82) is 0 Å². The van der Waals surface area contributed by atoms with Gasteiger partial charge in [0.2, 0.25) is 0 Å². The summed E-state index contributed by atoms with van der Waals surface area (Å²) in [5, 5.41) is 13.0. The lowest BCUT2D eigenvalue weighted by Gasteiger charge is -2.19. The van der Waals surface area contributed by atoms with Crippen molar-refractivity contribution in [3.63, 3.8) is 0 Å². The predicted molar refractivity (Wildman–Crippen MR) is 80.7 cm³/mol. The van der Waals surface area contributed by atoms with Gasteiger partial charge in [0.1, 0.15) is 11.6 Å². The van der Waals surface area contributed by atoms with Crippen LogP contribution in [0.2, 0.25) is 0 Å². The van der Waals surface area contributed by atoms with E-state index >= 15 is 0 Å². The zero-order chi connectivity index (χ0) is 17.0. The Morgan fingerprint density at radius 2 is 1.74 bits per heavy atom. The maximum Gasteiger partial charge on any atom is 0.165 e. The normalized spacial score (nSPS) is 13.7. The molecule has 0 saturated carbocycles. The Labute approximate surface area is 132 Å². The fraction of sp³-hybridized carbons (Fsp3) is 0.294. The first-order chi connectivity index (χ1) is 10.9. The molecule has 2 N–H and O–H groups in total. The Kier molecular flexibility index (Phi) is 5.63. The largest absolute Gasteiger partial charge is 0.494 e. The van der Waals surface area contributed by atoms with Crippen LogP contribution in [0.5, 0.6) is 5.75 Å². The van der Waals surface area contributed by atoms with Gasteiger partial charge in [0.05, 0.1) is 18.8 Å². The van der Waals surface area contributed by atoms with Gasteiger partial charge in [0.25, 0.3) is 0 Å². The van der Waals surface area contributed by atoms with Crippen LogP contribution < -0.4 is 10.1 Å². The van der Waals surface area contributed by atoms with Crippen molar-refractivity contribution in [2.45, 2.75) is 19.1 Å². The van der Waals surface area contributed by atoms with E-state index in [9.17, 15) is 18.3 Å². The summed E-state index contributed by atoms with van der Waals surface area (Å²) in [5.41, 5.74) is 0.355. The lowest BCUT2D eigenvalue weighted by molar-refractivity contribution is 0.161. The molecular formula is C17H18F3NO2. The molecule has 2 aromatic rings. The average molecular weight is 325 g/mol. The molecule has 0 aliphatic carbocycles. The number of ether oxygens (including phenoxy) is 1. The summed E-state index contributed by atoms with van der Waals surface area (Å²) in [6.07, 6.45) is -1.33. The first-order valence-electron chi connectivity index (χ1n) is 7.12. The van der Waals surface area contributed by atoms with E-state index in [1.165, 1.54) is 25.3 Å². The highest BCUT2D eigenvalue weighted by Gasteiger charge is 2.19. The first-order valence-corrected chi connectivity index (χ1v) is 7.12. The van der Waals surface area contributed by atoms with Crippen LogP contribution in [0.25, 0.3) is 0 Å². The van der Waals surface area contributed by atoms with Crippen LogP contribution in [0.1, 0.15) is 30.2 Å². The molecule has 0 saturated heterocycles. The number of rotatable bonds is 6. The third-order valence-corrected chi connectivity index (χ3v) is 3.63. The first kappa shape index (κ1) is 17.3. The molecule has 2 rings (SSSR count). The third-order valence-electron chi connectivity index (χ3n) is 3.63. The highest BCUT2D eigenvalue weighted by molar-refractivity contribution is 5.32. The lowest BCUT2D eigenvalue weighted by atomic mass is 10.1.